The summed E-state index contributed by atoms with van der Waals surface area (Å²) in [6.07, 6.45) is -2.09. The van der Waals surface area contributed by atoms with E-state index in [0.717, 1.165) is 0 Å². The van der Waals surface area contributed by atoms with Gasteiger partial charge in [0.05, 0.1) is 24.8 Å². The van der Waals surface area contributed by atoms with Crippen molar-refractivity contribution in [1.82, 2.24) is 10.2 Å². The Labute approximate surface area is 88.5 Å². The second-order valence-electron chi connectivity index (χ2n) is 3.98. The fourth-order valence-electron chi connectivity index (χ4n) is 1.92. The minimum Gasteiger partial charge on any atom is -0.395 e. The Morgan fingerprint density at radius 2 is 2.07 bits per heavy atom. The fourth-order valence-corrected chi connectivity index (χ4v) is 1.92. The highest BCUT2D eigenvalue weighted by atomic mass is 16.3. The minimum atomic E-state index is -1.05. The molecule has 1 aliphatic rings. The van der Waals surface area contributed by atoms with E-state index < -0.39 is 24.3 Å². The molecule has 4 atom stereocenters. The first kappa shape index (κ1) is 12.4. The number of likely N-dealkylation sites (N-methyl/N-ethyl adjacent to an activating group) is 1. The third-order valence-electron chi connectivity index (χ3n) is 2.78. The van der Waals surface area contributed by atoms with Crippen molar-refractivity contribution in [3.8, 4) is 0 Å². The maximum atomic E-state index is 10.9. The number of likely N-dealkylation sites (tertiary alicyclic amines) is 1. The van der Waals surface area contributed by atoms with Gasteiger partial charge in [-0.1, -0.05) is 0 Å². The van der Waals surface area contributed by atoms with Gasteiger partial charge in [0, 0.05) is 13.5 Å². The summed E-state index contributed by atoms with van der Waals surface area (Å²) in [7, 11) is 1.73. The molecule has 4 N–H and O–H groups in total. The van der Waals surface area contributed by atoms with Crippen molar-refractivity contribution < 1.29 is 20.1 Å². The van der Waals surface area contributed by atoms with Gasteiger partial charge in [-0.05, 0) is 7.05 Å². The fraction of sp³-hybridized carbons (Fsp3) is 0.889. The van der Waals surface area contributed by atoms with Gasteiger partial charge in [0.2, 0.25) is 5.91 Å². The smallest absolute Gasteiger partial charge is 0.217 e. The van der Waals surface area contributed by atoms with Gasteiger partial charge in [0.1, 0.15) is 6.10 Å². The van der Waals surface area contributed by atoms with Crippen molar-refractivity contribution in [3.63, 3.8) is 0 Å². The summed E-state index contributed by atoms with van der Waals surface area (Å²) < 4.78 is 0. The highest BCUT2D eigenvalue weighted by molar-refractivity contribution is 5.73. The number of carbonyl (C=O) groups is 1. The molecule has 0 saturated carbocycles. The molecule has 15 heavy (non-hydrogen) atoms. The van der Waals surface area contributed by atoms with Crippen LogP contribution in [0.2, 0.25) is 0 Å². The van der Waals surface area contributed by atoms with Crippen molar-refractivity contribution in [3.05, 3.63) is 0 Å². The van der Waals surface area contributed by atoms with Crippen LogP contribution in [-0.2, 0) is 4.79 Å². The predicted octanol–water partition coefficient (Wildman–Crippen LogP) is -2.48. The van der Waals surface area contributed by atoms with Crippen molar-refractivity contribution in [2.75, 3.05) is 20.2 Å². The molecule has 0 spiro atoms. The molecule has 1 amide bonds. The van der Waals surface area contributed by atoms with Gasteiger partial charge >= 0.3 is 0 Å². The normalized spacial score (nSPS) is 37.7. The molecule has 1 aliphatic heterocycles. The first-order valence-corrected chi connectivity index (χ1v) is 4.91. The lowest BCUT2D eigenvalue weighted by Gasteiger charge is -2.43. The number of hydrogen-bond acceptors (Lipinski definition) is 5. The first-order chi connectivity index (χ1) is 6.97. The summed E-state index contributed by atoms with van der Waals surface area (Å²) in [5, 5.41) is 31.0. The van der Waals surface area contributed by atoms with Crippen molar-refractivity contribution in [2.24, 2.45) is 0 Å². The van der Waals surface area contributed by atoms with Crippen LogP contribution in [0.5, 0.6) is 0 Å². The summed E-state index contributed by atoms with van der Waals surface area (Å²) in [5.74, 6) is -0.248. The van der Waals surface area contributed by atoms with Crippen LogP contribution in [-0.4, -0.2) is 70.6 Å². The number of rotatable bonds is 2. The highest BCUT2D eigenvalue weighted by Crippen LogP contribution is 2.16. The zero-order chi connectivity index (χ0) is 11.6. The number of aliphatic hydroxyl groups excluding tert-OH is 3. The summed E-state index contributed by atoms with van der Waals surface area (Å²) in [5.41, 5.74) is 0. The Bertz CT molecular complexity index is 236. The van der Waals surface area contributed by atoms with Crippen LogP contribution in [0.15, 0.2) is 0 Å². The molecule has 2 unspecified atom stereocenters. The zero-order valence-electron chi connectivity index (χ0n) is 8.92. The lowest BCUT2D eigenvalue weighted by molar-refractivity contribution is -0.127. The molecule has 0 aromatic rings. The molecular weight excluding hydrogens is 200 g/mol. The van der Waals surface area contributed by atoms with Crippen LogP contribution < -0.4 is 5.32 Å². The van der Waals surface area contributed by atoms with Gasteiger partial charge in [0.25, 0.3) is 0 Å². The van der Waals surface area contributed by atoms with E-state index in [0.29, 0.717) is 6.54 Å². The molecule has 0 aliphatic carbocycles. The molecule has 1 heterocycles. The third-order valence-corrected chi connectivity index (χ3v) is 2.78. The van der Waals surface area contributed by atoms with Gasteiger partial charge in [-0.3, -0.25) is 9.69 Å². The van der Waals surface area contributed by atoms with Crippen LogP contribution in [0.1, 0.15) is 6.92 Å². The average Bonchev–Trinajstić information content (AvgIpc) is 2.14. The van der Waals surface area contributed by atoms with Crippen LogP contribution in [0.3, 0.4) is 0 Å². The average molecular weight is 218 g/mol. The number of hydrogen-bond donors (Lipinski definition) is 4. The Hall–Kier alpha value is -0.690. The number of nitrogens with one attached hydrogen (secondary N) is 1. The zero-order valence-corrected chi connectivity index (χ0v) is 8.92. The van der Waals surface area contributed by atoms with Gasteiger partial charge in [0.15, 0.2) is 0 Å². The van der Waals surface area contributed by atoms with Crippen LogP contribution >= 0.6 is 0 Å². The second-order valence-corrected chi connectivity index (χ2v) is 3.98. The molecule has 0 bridgehead atoms. The molecule has 6 heteroatoms. The summed E-state index contributed by atoms with van der Waals surface area (Å²) in [4.78, 5) is 12.6. The largest absolute Gasteiger partial charge is 0.395 e. The Balaban J connectivity index is 2.68. The molecule has 1 fully saturated rings. The standard InChI is InChI=1S/C9H18N2O4/c1-5(13)10-6-3-11(2)7(4-12)9(15)8(6)14/h6-9,12,14-15H,3-4H2,1-2H3,(H,10,13)/t6?,7?,8-,9+/m1/s1. The summed E-state index contributed by atoms with van der Waals surface area (Å²) in [6.45, 7) is 1.54. The van der Waals surface area contributed by atoms with E-state index in [1.54, 1.807) is 11.9 Å². The molecule has 1 rings (SSSR count). The number of piperidine rings is 1. The Morgan fingerprint density at radius 1 is 1.47 bits per heavy atom. The Kier molecular flexibility index (Phi) is 4.04. The van der Waals surface area contributed by atoms with E-state index in [1.807, 2.05) is 0 Å². The minimum absolute atomic E-state index is 0.221. The predicted molar refractivity (Wildman–Crippen MR) is 53.1 cm³/mol. The molecule has 6 nitrogen and oxygen atoms in total. The maximum absolute atomic E-state index is 10.9. The SMILES string of the molecule is CC(=O)NC1CN(C)C(CO)[C@H](O)[C@@H]1O. The topological polar surface area (TPSA) is 93.0 Å². The van der Waals surface area contributed by atoms with Gasteiger partial charge in [-0.25, -0.2) is 0 Å². The monoisotopic (exact) mass is 218 g/mol. The summed E-state index contributed by atoms with van der Waals surface area (Å²) in [6, 6.07) is -0.977. The van der Waals surface area contributed by atoms with Gasteiger partial charge in [-0.2, -0.15) is 0 Å². The molecule has 1 saturated heterocycles. The lowest BCUT2D eigenvalue weighted by Crippen LogP contribution is -2.65. The van der Waals surface area contributed by atoms with Crippen molar-refractivity contribution in [1.29, 1.82) is 0 Å². The van der Waals surface area contributed by atoms with Crippen molar-refractivity contribution in [2.45, 2.75) is 31.2 Å². The van der Waals surface area contributed by atoms with E-state index >= 15 is 0 Å². The van der Waals surface area contributed by atoms with Crippen LogP contribution in [0.4, 0.5) is 0 Å². The van der Waals surface area contributed by atoms with E-state index in [4.69, 9.17) is 5.11 Å². The van der Waals surface area contributed by atoms with Crippen molar-refractivity contribution >= 4 is 5.91 Å². The van der Waals surface area contributed by atoms with E-state index in [-0.39, 0.29) is 12.5 Å². The maximum Gasteiger partial charge on any atom is 0.217 e. The lowest BCUT2D eigenvalue weighted by atomic mass is 9.93. The molecule has 88 valence electrons. The molecule has 0 aromatic carbocycles. The van der Waals surface area contributed by atoms with Crippen LogP contribution in [0, 0.1) is 0 Å². The molecule has 0 radical (unpaired) electrons. The quantitative estimate of drug-likeness (QED) is 0.412. The highest BCUT2D eigenvalue weighted by Gasteiger charge is 2.40. The number of aliphatic hydroxyl groups is 3. The third kappa shape index (κ3) is 2.66. The van der Waals surface area contributed by atoms with E-state index in [1.165, 1.54) is 6.92 Å². The van der Waals surface area contributed by atoms with E-state index in [2.05, 4.69) is 5.32 Å². The van der Waals surface area contributed by atoms with Crippen LogP contribution in [0.25, 0.3) is 0 Å². The second kappa shape index (κ2) is 4.89. The Morgan fingerprint density at radius 3 is 2.53 bits per heavy atom. The first-order valence-electron chi connectivity index (χ1n) is 4.91. The number of nitrogens with zero attached hydrogens (tertiary/aromatic N) is 1. The summed E-state index contributed by atoms with van der Waals surface area (Å²) >= 11 is 0. The molecule has 0 aromatic heterocycles. The van der Waals surface area contributed by atoms with Gasteiger partial charge < -0.3 is 20.6 Å². The van der Waals surface area contributed by atoms with E-state index in [9.17, 15) is 15.0 Å². The van der Waals surface area contributed by atoms with Gasteiger partial charge in [-0.15, -0.1) is 0 Å². The number of carbonyl (C=O) groups excluding carboxylic acids is 1. The molecular formula is C9H18N2O4. The number of amides is 1.